The Morgan fingerprint density at radius 2 is 2.19 bits per heavy atom. The Morgan fingerprint density at radius 3 is 2.85 bits per heavy atom. The molecule has 1 aromatic carbocycles. The molecule has 1 atom stereocenters. The zero-order chi connectivity index (χ0) is 18.5. The molecule has 10 heteroatoms. The maximum absolute atomic E-state index is 12.5. The Kier molecular flexibility index (Phi) is 5.54. The van der Waals surface area contributed by atoms with Crippen molar-refractivity contribution in [3.05, 3.63) is 46.5 Å². The number of hydrogen-bond donors (Lipinski definition) is 1. The van der Waals surface area contributed by atoms with Crippen LogP contribution in [0.4, 0.5) is 5.69 Å². The molecule has 1 N–H and O–H groups in total. The molecule has 10 nitrogen and oxygen atoms in total. The van der Waals surface area contributed by atoms with E-state index in [-0.39, 0.29) is 28.9 Å². The van der Waals surface area contributed by atoms with Crippen LogP contribution in [0.1, 0.15) is 17.3 Å². The van der Waals surface area contributed by atoms with Crippen LogP contribution in [0.2, 0.25) is 0 Å². The number of rotatable bonds is 6. The summed E-state index contributed by atoms with van der Waals surface area (Å²) in [5.74, 6) is -0.348. The van der Waals surface area contributed by atoms with Crippen molar-refractivity contribution < 1.29 is 14.5 Å². The van der Waals surface area contributed by atoms with Crippen molar-refractivity contribution in [2.45, 2.75) is 13.0 Å². The molecule has 1 amide bonds. The van der Waals surface area contributed by atoms with Gasteiger partial charge in [0.1, 0.15) is 18.3 Å². The van der Waals surface area contributed by atoms with Crippen LogP contribution in [0.15, 0.2) is 30.9 Å². The largest absolute Gasteiger partial charge is 0.379 e. The van der Waals surface area contributed by atoms with Crippen LogP contribution in [0.3, 0.4) is 0 Å². The first kappa shape index (κ1) is 18.0. The van der Waals surface area contributed by atoms with Crippen LogP contribution >= 0.6 is 0 Å². The molecule has 0 spiro atoms. The number of amides is 1. The Bertz CT molecular complexity index is 773. The molecule has 3 rings (SSSR count). The molecule has 1 unspecified atom stereocenters. The van der Waals surface area contributed by atoms with Crippen LogP contribution in [0.5, 0.6) is 0 Å². The second-order valence-corrected chi connectivity index (χ2v) is 6.09. The Morgan fingerprint density at radius 1 is 1.42 bits per heavy atom. The lowest BCUT2D eigenvalue weighted by atomic mass is 10.1. The number of nitrogens with zero attached hydrogens (tertiary/aromatic N) is 5. The number of ether oxygens (including phenoxy) is 1. The number of nitro groups is 1. The number of hydrogen-bond acceptors (Lipinski definition) is 7. The van der Waals surface area contributed by atoms with E-state index in [1.807, 2.05) is 6.92 Å². The molecule has 0 radical (unpaired) electrons. The van der Waals surface area contributed by atoms with Gasteiger partial charge >= 0.3 is 0 Å². The first-order valence-electron chi connectivity index (χ1n) is 8.29. The number of nitro benzene ring substituents is 1. The average Bonchev–Trinajstić information content (AvgIpc) is 3.16. The molecule has 1 aliphatic rings. The number of benzene rings is 1. The van der Waals surface area contributed by atoms with Crippen molar-refractivity contribution in [2.24, 2.45) is 0 Å². The van der Waals surface area contributed by atoms with Gasteiger partial charge in [0, 0.05) is 37.3 Å². The normalized spacial score (nSPS) is 16.2. The van der Waals surface area contributed by atoms with Gasteiger partial charge in [0.15, 0.2) is 0 Å². The van der Waals surface area contributed by atoms with E-state index < -0.39 is 4.92 Å². The molecule has 1 aromatic heterocycles. The summed E-state index contributed by atoms with van der Waals surface area (Å²) in [6, 6.07) is 4.21. The maximum atomic E-state index is 12.5. The third kappa shape index (κ3) is 4.21. The minimum Gasteiger partial charge on any atom is -0.379 e. The second-order valence-electron chi connectivity index (χ2n) is 6.09. The number of carbonyl (C=O) groups is 1. The summed E-state index contributed by atoms with van der Waals surface area (Å²) >= 11 is 0. The topological polar surface area (TPSA) is 115 Å². The van der Waals surface area contributed by atoms with E-state index in [1.54, 1.807) is 6.07 Å². The van der Waals surface area contributed by atoms with E-state index >= 15 is 0 Å². The van der Waals surface area contributed by atoms with Gasteiger partial charge in [-0.15, -0.1) is 0 Å². The molecule has 1 aliphatic heterocycles. The summed E-state index contributed by atoms with van der Waals surface area (Å²) in [7, 11) is 0. The van der Waals surface area contributed by atoms with Crippen molar-refractivity contribution in [2.75, 3.05) is 32.8 Å². The van der Waals surface area contributed by atoms with Crippen molar-refractivity contribution in [1.82, 2.24) is 25.0 Å². The first-order chi connectivity index (χ1) is 12.5. The highest BCUT2D eigenvalue weighted by molar-refractivity contribution is 5.95. The Labute approximate surface area is 149 Å². The average molecular weight is 360 g/mol. The Balaban J connectivity index is 1.70. The highest BCUT2D eigenvalue weighted by Crippen LogP contribution is 2.23. The predicted molar refractivity (Wildman–Crippen MR) is 92.2 cm³/mol. The van der Waals surface area contributed by atoms with Crippen LogP contribution in [0, 0.1) is 10.1 Å². The van der Waals surface area contributed by atoms with Gasteiger partial charge in [-0.1, -0.05) is 0 Å². The van der Waals surface area contributed by atoms with Gasteiger partial charge in [0.05, 0.1) is 18.1 Å². The van der Waals surface area contributed by atoms with E-state index in [0.29, 0.717) is 19.8 Å². The highest BCUT2D eigenvalue weighted by atomic mass is 16.6. The molecule has 0 bridgehead atoms. The molecular formula is C16H20N6O4. The van der Waals surface area contributed by atoms with Gasteiger partial charge in [0.25, 0.3) is 11.6 Å². The first-order valence-corrected chi connectivity index (χ1v) is 8.29. The fourth-order valence-electron chi connectivity index (χ4n) is 2.86. The molecular weight excluding hydrogens is 340 g/mol. The highest BCUT2D eigenvalue weighted by Gasteiger charge is 2.21. The third-order valence-electron chi connectivity index (χ3n) is 4.11. The minimum absolute atomic E-state index is 0.0883. The molecule has 26 heavy (non-hydrogen) atoms. The lowest BCUT2D eigenvalue weighted by Crippen LogP contribution is -2.46. The third-order valence-corrected chi connectivity index (χ3v) is 4.11. The van der Waals surface area contributed by atoms with E-state index in [1.165, 1.54) is 29.5 Å². The lowest BCUT2D eigenvalue weighted by Gasteiger charge is -2.29. The maximum Gasteiger partial charge on any atom is 0.295 e. The van der Waals surface area contributed by atoms with Gasteiger partial charge < -0.3 is 10.1 Å². The predicted octanol–water partition coefficient (Wildman–Crippen LogP) is 0.626. The van der Waals surface area contributed by atoms with Crippen molar-refractivity contribution in [1.29, 1.82) is 0 Å². The molecule has 2 heterocycles. The van der Waals surface area contributed by atoms with Crippen LogP contribution in [0.25, 0.3) is 5.69 Å². The van der Waals surface area contributed by atoms with E-state index in [9.17, 15) is 14.9 Å². The zero-order valence-corrected chi connectivity index (χ0v) is 14.4. The number of nitrogens with one attached hydrogen (secondary N) is 1. The van der Waals surface area contributed by atoms with Gasteiger partial charge in [0.2, 0.25) is 0 Å². The van der Waals surface area contributed by atoms with Gasteiger partial charge in [-0.05, 0) is 19.1 Å². The monoisotopic (exact) mass is 360 g/mol. The number of carbonyl (C=O) groups excluding carboxylic acids is 1. The van der Waals surface area contributed by atoms with Crippen molar-refractivity contribution in [3.8, 4) is 5.69 Å². The molecule has 2 aromatic rings. The summed E-state index contributed by atoms with van der Waals surface area (Å²) in [5.41, 5.74) is 0.281. The van der Waals surface area contributed by atoms with Gasteiger partial charge in [-0.3, -0.25) is 19.8 Å². The SMILES string of the molecule is CC(CN1CCOCC1)NC(=O)c1ccc(-n2cncn2)c([N+](=O)[O-])c1. The molecule has 0 aliphatic carbocycles. The summed E-state index contributed by atoms with van der Waals surface area (Å²) in [6.07, 6.45) is 2.66. The van der Waals surface area contributed by atoms with Crippen molar-refractivity contribution in [3.63, 3.8) is 0 Å². The summed E-state index contributed by atoms with van der Waals surface area (Å²) in [4.78, 5) is 29.3. The fourth-order valence-corrected chi connectivity index (χ4v) is 2.86. The van der Waals surface area contributed by atoms with E-state index in [2.05, 4.69) is 20.3 Å². The van der Waals surface area contributed by atoms with Gasteiger partial charge in [-0.2, -0.15) is 5.10 Å². The van der Waals surface area contributed by atoms with E-state index in [4.69, 9.17) is 4.74 Å². The molecule has 138 valence electrons. The van der Waals surface area contributed by atoms with Gasteiger partial charge in [-0.25, -0.2) is 9.67 Å². The van der Waals surface area contributed by atoms with Crippen LogP contribution < -0.4 is 5.32 Å². The minimum atomic E-state index is -0.537. The van der Waals surface area contributed by atoms with Crippen LogP contribution in [-0.4, -0.2) is 69.4 Å². The molecule has 1 fully saturated rings. The quantitative estimate of drug-likeness (QED) is 0.593. The Hall–Kier alpha value is -2.85. The fraction of sp³-hybridized carbons (Fsp3) is 0.438. The summed E-state index contributed by atoms with van der Waals surface area (Å²) in [5, 5.41) is 18.2. The summed E-state index contributed by atoms with van der Waals surface area (Å²) < 4.78 is 6.60. The molecule has 0 saturated carbocycles. The van der Waals surface area contributed by atoms with Crippen LogP contribution in [-0.2, 0) is 4.74 Å². The summed E-state index contributed by atoms with van der Waals surface area (Å²) in [6.45, 7) is 5.66. The lowest BCUT2D eigenvalue weighted by molar-refractivity contribution is -0.384. The van der Waals surface area contributed by atoms with E-state index in [0.717, 1.165) is 13.1 Å². The second kappa shape index (κ2) is 8.02. The number of aromatic nitrogens is 3. The number of morpholine rings is 1. The molecule has 1 saturated heterocycles. The smallest absolute Gasteiger partial charge is 0.295 e. The van der Waals surface area contributed by atoms with Crippen molar-refractivity contribution >= 4 is 11.6 Å². The standard InChI is InChI=1S/C16H20N6O4/c1-12(9-20-4-6-26-7-5-20)19-16(23)13-2-3-14(15(8-13)22(24)25)21-11-17-10-18-21/h2-3,8,10-12H,4-7,9H2,1H3,(H,19,23). The zero-order valence-electron chi connectivity index (χ0n) is 14.4.